The summed E-state index contributed by atoms with van der Waals surface area (Å²) in [6.07, 6.45) is 4.93. The number of aryl methyl sites for hydroxylation is 2. The Morgan fingerprint density at radius 2 is 2.24 bits per heavy atom. The molecular formula is C13H22ClN3. The Kier molecular flexibility index (Phi) is 4.10. The van der Waals surface area contributed by atoms with Crippen LogP contribution >= 0.6 is 11.6 Å². The van der Waals surface area contributed by atoms with Crippen LogP contribution in [0.3, 0.4) is 0 Å². The Hall–Kier alpha value is -0.540. The van der Waals surface area contributed by atoms with Crippen LogP contribution in [-0.4, -0.2) is 22.4 Å². The van der Waals surface area contributed by atoms with Crippen LogP contribution in [-0.2, 0) is 13.5 Å². The van der Waals surface area contributed by atoms with Crippen LogP contribution in [0.5, 0.6) is 0 Å². The topological polar surface area (TPSA) is 29.9 Å². The van der Waals surface area contributed by atoms with Crippen LogP contribution in [0.2, 0.25) is 5.15 Å². The first-order valence-corrected chi connectivity index (χ1v) is 6.87. The van der Waals surface area contributed by atoms with Crippen LogP contribution in [0.1, 0.15) is 37.4 Å². The SMILES string of the molecule is Cc1nn(C)c(Cl)c1CCC(C)CNC1CC1. The Morgan fingerprint density at radius 1 is 1.53 bits per heavy atom. The average Bonchev–Trinajstić information content (AvgIpc) is 3.06. The molecule has 0 bridgehead atoms. The zero-order valence-electron chi connectivity index (χ0n) is 11.0. The van der Waals surface area contributed by atoms with Crippen molar-refractivity contribution in [2.45, 2.75) is 45.6 Å². The van der Waals surface area contributed by atoms with Gasteiger partial charge >= 0.3 is 0 Å². The van der Waals surface area contributed by atoms with E-state index >= 15 is 0 Å². The molecule has 2 rings (SSSR count). The van der Waals surface area contributed by atoms with Gasteiger partial charge in [0.2, 0.25) is 0 Å². The highest BCUT2D eigenvalue weighted by atomic mass is 35.5. The second-order valence-corrected chi connectivity index (χ2v) is 5.66. The molecular weight excluding hydrogens is 234 g/mol. The molecule has 1 atom stereocenters. The molecule has 0 aromatic carbocycles. The van der Waals surface area contributed by atoms with Gasteiger partial charge in [0.1, 0.15) is 5.15 Å². The summed E-state index contributed by atoms with van der Waals surface area (Å²) < 4.78 is 1.76. The third kappa shape index (κ3) is 3.46. The Bertz CT molecular complexity index is 382. The van der Waals surface area contributed by atoms with E-state index in [9.17, 15) is 0 Å². The fraction of sp³-hybridized carbons (Fsp3) is 0.769. The molecule has 1 heterocycles. The number of nitrogens with zero attached hydrogens (tertiary/aromatic N) is 2. The van der Waals surface area contributed by atoms with Gasteiger partial charge in [0, 0.05) is 18.7 Å². The molecule has 1 fully saturated rings. The first-order valence-electron chi connectivity index (χ1n) is 6.49. The molecule has 0 spiro atoms. The van der Waals surface area contributed by atoms with Gasteiger partial charge in [-0.15, -0.1) is 0 Å². The van der Waals surface area contributed by atoms with E-state index < -0.39 is 0 Å². The third-order valence-electron chi connectivity index (χ3n) is 3.49. The fourth-order valence-corrected chi connectivity index (χ4v) is 2.38. The second-order valence-electron chi connectivity index (χ2n) is 5.30. The lowest BCUT2D eigenvalue weighted by Gasteiger charge is -2.11. The summed E-state index contributed by atoms with van der Waals surface area (Å²) in [7, 11) is 1.90. The Labute approximate surface area is 109 Å². The van der Waals surface area contributed by atoms with Crippen molar-refractivity contribution in [1.82, 2.24) is 15.1 Å². The lowest BCUT2D eigenvalue weighted by molar-refractivity contribution is 0.479. The minimum atomic E-state index is 0.700. The van der Waals surface area contributed by atoms with E-state index in [-0.39, 0.29) is 0 Å². The second kappa shape index (κ2) is 5.40. The molecule has 3 nitrogen and oxygen atoms in total. The molecule has 96 valence electrons. The summed E-state index contributed by atoms with van der Waals surface area (Å²) in [5.41, 5.74) is 2.28. The van der Waals surface area contributed by atoms with Crippen molar-refractivity contribution in [3.8, 4) is 0 Å². The summed E-state index contributed by atoms with van der Waals surface area (Å²) in [6, 6.07) is 0.807. The largest absolute Gasteiger partial charge is 0.314 e. The highest BCUT2D eigenvalue weighted by Crippen LogP contribution is 2.22. The summed E-state index contributed by atoms with van der Waals surface area (Å²) in [6.45, 7) is 5.46. The van der Waals surface area contributed by atoms with Crippen molar-refractivity contribution in [2.75, 3.05) is 6.54 Å². The van der Waals surface area contributed by atoms with E-state index in [2.05, 4.69) is 17.3 Å². The van der Waals surface area contributed by atoms with Gasteiger partial charge in [0.25, 0.3) is 0 Å². The number of nitrogens with one attached hydrogen (secondary N) is 1. The smallest absolute Gasteiger partial charge is 0.130 e. The van der Waals surface area contributed by atoms with Gasteiger partial charge in [-0.3, -0.25) is 4.68 Å². The lowest BCUT2D eigenvalue weighted by atomic mass is 10.0. The zero-order valence-corrected chi connectivity index (χ0v) is 11.7. The normalized spacial score (nSPS) is 17.4. The van der Waals surface area contributed by atoms with E-state index in [0.29, 0.717) is 5.92 Å². The van der Waals surface area contributed by atoms with Crippen LogP contribution in [0, 0.1) is 12.8 Å². The van der Waals surface area contributed by atoms with Gasteiger partial charge in [-0.05, 0) is 45.1 Å². The average molecular weight is 256 g/mol. The molecule has 1 aromatic rings. The molecule has 1 unspecified atom stereocenters. The molecule has 17 heavy (non-hydrogen) atoms. The molecule has 1 aliphatic carbocycles. The van der Waals surface area contributed by atoms with E-state index in [1.165, 1.54) is 24.8 Å². The van der Waals surface area contributed by atoms with Crippen molar-refractivity contribution >= 4 is 11.6 Å². The highest BCUT2D eigenvalue weighted by molar-refractivity contribution is 6.30. The molecule has 0 amide bonds. The number of hydrogen-bond donors (Lipinski definition) is 1. The van der Waals surface area contributed by atoms with Crippen molar-refractivity contribution in [3.05, 3.63) is 16.4 Å². The van der Waals surface area contributed by atoms with Crippen LogP contribution in [0.4, 0.5) is 0 Å². The van der Waals surface area contributed by atoms with E-state index in [4.69, 9.17) is 11.6 Å². The first-order chi connectivity index (χ1) is 8.08. The summed E-state index contributed by atoms with van der Waals surface area (Å²) in [5.74, 6) is 0.700. The minimum Gasteiger partial charge on any atom is -0.314 e. The van der Waals surface area contributed by atoms with Crippen LogP contribution in [0.25, 0.3) is 0 Å². The highest BCUT2D eigenvalue weighted by Gasteiger charge is 2.21. The maximum Gasteiger partial charge on any atom is 0.130 e. The predicted octanol–water partition coefficient (Wildman–Crippen LogP) is 2.70. The van der Waals surface area contributed by atoms with E-state index in [1.807, 2.05) is 14.0 Å². The zero-order chi connectivity index (χ0) is 12.4. The molecule has 0 radical (unpaired) electrons. The van der Waals surface area contributed by atoms with E-state index in [0.717, 1.165) is 29.9 Å². The molecule has 1 aliphatic rings. The maximum absolute atomic E-state index is 6.22. The minimum absolute atomic E-state index is 0.700. The van der Waals surface area contributed by atoms with Gasteiger partial charge in [-0.2, -0.15) is 5.10 Å². The van der Waals surface area contributed by atoms with Gasteiger partial charge in [-0.1, -0.05) is 18.5 Å². The van der Waals surface area contributed by atoms with Crippen molar-refractivity contribution in [3.63, 3.8) is 0 Å². The van der Waals surface area contributed by atoms with Crippen molar-refractivity contribution in [2.24, 2.45) is 13.0 Å². The molecule has 1 N–H and O–H groups in total. The molecule has 1 saturated carbocycles. The molecule has 4 heteroatoms. The number of rotatable bonds is 6. The lowest BCUT2D eigenvalue weighted by Crippen LogP contribution is -2.23. The van der Waals surface area contributed by atoms with Crippen LogP contribution < -0.4 is 5.32 Å². The van der Waals surface area contributed by atoms with Gasteiger partial charge in [-0.25, -0.2) is 0 Å². The summed E-state index contributed by atoms with van der Waals surface area (Å²) in [4.78, 5) is 0. The summed E-state index contributed by atoms with van der Waals surface area (Å²) >= 11 is 6.22. The number of halogens is 1. The fourth-order valence-electron chi connectivity index (χ4n) is 2.11. The Balaban J connectivity index is 1.79. The number of aromatic nitrogens is 2. The first kappa shape index (κ1) is 12.9. The van der Waals surface area contributed by atoms with Gasteiger partial charge < -0.3 is 5.32 Å². The molecule has 1 aromatic heterocycles. The van der Waals surface area contributed by atoms with Crippen molar-refractivity contribution in [1.29, 1.82) is 0 Å². The van der Waals surface area contributed by atoms with E-state index in [1.54, 1.807) is 4.68 Å². The maximum atomic E-state index is 6.22. The standard InChI is InChI=1S/C13H22ClN3/c1-9(8-15-11-5-6-11)4-7-12-10(2)16-17(3)13(12)14/h9,11,15H,4-8H2,1-3H3. The quantitative estimate of drug-likeness (QED) is 0.847. The molecule has 0 saturated heterocycles. The monoisotopic (exact) mass is 255 g/mol. The molecule has 0 aliphatic heterocycles. The van der Waals surface area contributed by atoms with Gasteiger partial charge in [0.05, 0.1) is 5.69 Å². The van der Waals surface area contributed by atoms with Gasteiger partial charge in [0.15, 0.2) is 0 Å². The van der Waals surface area contributed by atoms with Crippen molar-refractivity contribution < 1.29 is 0 Å². The predicted molar refractivity (Wildman–Crippen MR) is 71.5 cm³/mol. The summed E-state index contributed by atoms with van der Waals surface area (Å²) in [5, 5.41) is 8.71. The number of hydrogen-bond acceptors (Lipinski definition) is 2. The Morgan fingerprint density at radius 3 is 2.76 bits per heavy atom. The van der Waals surface area contributed by atoms with Crippen LogP contribution in [0.15, 0.2) is 0 Å². The third-order valence-corrected chi connectivity index (χ3v) is 3.96.